The molecule has 3 aromatic rings. The summed E-state index contributed by atoms with van der Waals surface area (Å²) in [4.78, 5) is 33.5. The molecule has 4 heterocycles. The normalized spacial score (nSPS) is 18.5. The van der Waals surface area contributed by atoms with Crippen molar-refractivity contribution in [2.45, 2.75) is 50.5 Å². The molecule has 2 aliphatic rings. The number of rotatable bonds is 4. The maximum absolute atomic E-state index is 13.4. The van der Waals surface area contributed by atoms with Gasteiger partial charge in [0.2, 0.25) is 5.91 Å². The summed E-state index contributed by atoms with van der Waals surface area (Å²) < 4.78 is 14.5. The van der Waals surface area contributed by atoms with Gasteiger partial charge in [-0.15, -0.1) is 0 Å². The van der Waals surface area contributed by atoms with Gasteiger partial charge in [-0.1, -0.05) is 11.8 Å². The summed E-state index contributed by atoms with van der Waals surface area (Å²) in [6, 6.07) is 3.90. The van der Waals surface area contributed by atoms with Crippen LogP contribution < -0.4 is 15.0 Å². The van der Waals surface area contributed by atoms with Gasteiger partial charge in [0, 0.05) is 36.3 Å². The summed E-state index contributed by atoms with van der Waals surface area (Å²) >= 11 is 1.58. The molecular weight excluding hydrogens is 416 g/mol. The number of amides is 1. The van der Waals surface area contributed by atoms with Gasteiger partial charge in [-0.25, -0.2) is 4.98 Å². The van der Waals surface area contributed by atoms with Crippen molar-refractivity contribution in [2.75, 3.05) is 26.5 Å². The summed E-state index contributed by atoms with van der Waals surface area (Å²) in [5.41, 5.74) is 1.74. The number of methoxy groups -OCH3 is 2. The Hall–Kier alpha value is -2.68. The van der Waals surface area contributed by atoms with Gasteiger partial charge in [0.1, 0.15) is 17.6 Å². The standard InChI is InChI=1S/C22H26N4O4S/c1-13-6-4-5-7-24(13)18(27)12-26-15-11-17(30-3)16(29-2)10-14(15)19-20(26)21(28)25-8-9-31-22(25)23-19/h10-11,13H,4-9,12H2,1-3H3/t13-/m1/s1. The van der Waals surface area contributed by atoms with E-state index in [4.69, 9.17) is 14.5 Å². The lowest BCUT2D eigenvalue weighted by molar-refractivity contribution is -0.134. The summed E-state index contributed by atoms with van der Waals surface area (Å²) in [6.45, 7) is 3.59. The largest absolute Gasteiger partial charge is 0.493 e. The highest BCUT2D eigenvalue weighted by atomic mass is 32.2. The van der Waals surface area contributed by atoms with Gasteiger partial charge in [-0.05, 0) is 32.3 Å². The lowest BCUT2D eigenvalue weighted by Gasteiger charge is -2.33. The van der Waals surface area contributed by atoms with Crippen molar-refractivity contribution >= 4 is 39.6 Å². The van der Waals surface area contributed by atoms with Gasteiger partial charge in [-0.2, -0.15) is 0 Å². The van der Waals surface area contributed by atoms with E-state index < -0.39 is 0 Å². The number of carbonyl (C=O) groups excluding carboxylic acids is 1. The Labute approximate surface area is 184 Å². The monoisotopic (exact) mass is 442 g/mol. The maximum atomic E-state index is 13.4. The van der Waals surface area contributed by atoms with Crippen molar-refractivity contribution in [2.24, 2.45) is 0 Å². The summed E-state index contributed by atoms with van der Waals surface area (Å²) in [5, 5.41) is 1.52. The van der Waals surface area contributed by atoms with Crippen LogP contribution in [0.4, 0.5) is 0 Å². The van der Waals surface area contributed by atoms with Gasteiger partial charge in [0.25, 0.3) is 5.56 Å². The zero-order valence-corrected chi connectivity index (χ0v) is 18.8. The quantitative estimate of drug-likeness (QED) is 0.578. The number of piperidine rings is 1. The highest BCUT2D eigenvalue weighted by molar-refractivity contribution is 7.99. The predicted octanol–water partition coefficient (Wildman–Crippen LogP) is 2.88. The molecule has 0 N–H and O–H groups in total. The van der Waals surface area contributed by atoms with Crippen LogP contribution in [0.5, 0.6) is 11.5 Å². The van der Waals surface area contributed by atoms with Crippen molar-refractivity contribution in [3.8, 4) is 11.5 Å². The minimum atomic E-state index is -0.0985. The first kappa shape index (κ1) is 20.2. The van der Waals surface area contributed by atoms with Crippen LogP contribution in [0.15, 0.2) is 22.1 Å². The lowest BCUT2D eigenvalue weighted by atomic mass is 10.0. The number of nitrogens with zero attached hydrogens (tertiary/aromatic N) is 4. The summed E-state index contributed by atoms with van der Waals surface area (Å²) in [7, 11) is 3.16. The number of fused-ring (bicyclic) bond motifs is 4. The Bertz CT molecular complexity index is 1250. The fourth-order valence-corrected chi connectivity index (χ4v) is 5.69. The Morgan fingerprint density at radius 3 is 2.71 bits per heavy atom. The van der Waals surface area contributed by atoms with E-state index in [-0.39, 0.29) is 24.1 Å². The lowest BCUT2D eigenvalue weighted by Crippen LogP contribution is -2.43. The van der Waals surface area contributed by atoms with Gasteiger partial charge >= 0.3 is 0 Å². The molecule has 0 unspecified atom stereocenters. The number of hydrogen-bond donors (Lipinski definition) is 0. The SMILES string of the molecule is COc1cc2c3nc4n(c(=O)c3n(CC(=O)N3CCCC[C@H]3C)c2cc1OC)CCS4. The second kappa shape index (κ2) is 7.78. The molecule has 0 spiro atoms. The summed E-state index contributed by atoms with van der Waals surface area (Å²) in [5.74, 6) is 1.98. The Balaban J connectivity index is 1.74. The smallest absolute Gasteiger partial charge is 0.278 e. The number of carbonyl (C=O) groups is 1. The van der Waals surface area contributed by atoms with Crippen LogP contribution in [-0.2, 0) is 17.9 Å². The van der Waals surface area contributed by atoms with E-state index in [9.17, 15) is 9.59 Å². The molecule has 1 aromatic carbocycles. The molecule has 0 aliphatic carbocycles. The van der Waals surface area contributed by atoms with Crippen molar-refractivity contribution in [3.05, 3.63) is 22.5 Å². The van der Waals surface area contributed by atoms with E-state index in [0.29, 0.717) is 29.1 Å². The van der Waals surface area contributed by atoms with Crippen LogP contribution in [0.3, 0.4) is 0 Å². The highest BCUT2D eigenvalue weighted by Gasteiger charge is 2.28. The van der Waals surface area contributed by atoms with Gasteiger partial charge in [0.15, 0.2) is 16.7 Å². The molecule has 0 saturated carbocycles. The van der Waals surface area contributed by atoms with Crippen LogP contribution >= 0.6 is 11.8 Å². The molecule has 1 fully saturated rings. The first-order valence-corrected chi connectivity index (χ1v) is 11.6. The van der Waals surface area contributed by atoms with Crippen LogP contribution in [0.25, 0.3) is 21.9 Å². The van der Waals surface area contributed by atoms with E-state index >= 15 is 0 Å². The number of hydrogen-bond acceptors (Lipinski definition) is 6. The van der Waals surface area contributed by atoms with Crippen molar-refractivity contribution in [1.82, 2.24) is 19.0 Å². The molecule has 164 valence electrons. The average Bonchev–Trinajstić information content (AvgIpc) is 3.36. The van der Waals surface area contributed by atoms with E-state index in [1.807, 2.05) is 21.6 Å². The molecule has 0 bridgehead atoms. The number of aromatic nitrogens is 3. The molecule has 2 aromatic heterocycles. The number of thioether (sulfide) groups is 1. The molecule has 8 nitrogen and oxygen atoms in total. The minimum absolute atomic E-state index is 0.0278. The molecular formula is C22H26N4O4S. The van der Waals surface area contributed by atoms with Crippen molar-refractivity contribution in [3.63, 3.8) is 0 Å². The second-order valence-electron chi connectivity index (χ2n) is 8.14. The van der Waals surface area contributed by atoms with Gasteiger partial charge in [0.05, 0.1) is 19.7 Å². The van der Waals surface area contributed by atoms with E-state index in [1.54, 1.807) is 30.5 Å². The van der Waals surface area contributed by atoms with Crippen molar-refractivity contribution < 1.29 is 14.3 Å². The summed E-state index contributed by atoms with van der Waals surface area (Å²) in [6.07, 6.45) is 3.18. The third-order valence-electron chi connectivity index (χ3n) is 6.39. The first-order valence-electron chi connectivity index (χ1n) is 10.6. The highest BCUT2D eigenvalue weighted by Crippen LogP contribution is 2.37. The van der Waals surface area contributed by atoms with E-state index in [0.717, 1.165) is 47.6 Å². The molecule has 2 aliphatic heterocycles. The third kappa shape index (κ3) is 3.17. The first-order chi connectivity index (χ1) is 15.0. The molecule has 1 amide bonds. The van der Waals surface area contributed by atoms with Gasteiger partial charge in [-0.3, -0.25) is 14.2 Å². The van der Waals surface area contributed by atoms with Crippen LogP contribution in [0, 0.1) is 0 Å². The maximum Gasteiger partial charge on any atom is 0.278 e. The Kier molecular flexibility index (Phi) is 5.08. The van der Waals surface area contributed by atoms with Crippen molar-refractivity contribution in [1.29, 1.82) is 0 Å². The van der Waals surface area contributed by atoms with E-state index in [1.165, 1.54) is 0 Å². The molecule has 1 atom stereocenters. The van der Waals surface area contributed by atoms with Gasteiger partial charge < -0.3 is 18.9 Å². The van der Waals surface area contributed by atoms with Crippen LogP contribution in [0.1, 0.15) is 26.2 Å². The van der Waals surface area contributed by atoms with Crippen LogP contribution in [-0.4, -0.2) is 57.5 Å². The molecule has 31 heavy (non-hydrogen) atoms. The third-order valence-corrected chi connectivity index (χ3v) is 7.35. The molecule has 5 rings (SSSR count). The molecule has 9 heteroatoms. The minimum Gasteiger partial charge on any atom is -0.493 e. The average molecular weight is 443 g/mol. The van der Waals surface area contributed by atoms with Crippen LogP contribution in [0.2, 0.25) is 0 Å². The number of benzene rings is 1. The molecule has 0 radical (unpaired) electrons. The fraction of sp³-hybridized carbons (Fsp3) is 0.500. The molecule has 1 saturated heterocycles. The second-order valence-corrected chi connectivity index (χ2v) is 9.20. The topological polar surface area (TPSA) is 78.6 Å². The number of likely N-dealkylation sites (tertiary alicyclic amines) is 1. The van der Waals surface area contributed by atoms with E-state index in [2.05, 4.69) is 6.92 Å². The predicted molar refractivity (Wildman–Crippen MR) is 120 cm³/mol. The fourth-order valence-electron chi connectivity index (χ4n) is 4.75. The number of ether oxygens (including phenoxy) is 2. The Morgan fingerprint density at radius 2 is 1.97 bits per heavy atom. The zero-order chi connectivity index (χ0) is 21.7. The zero-order valence-electron chi connectivity index (χ0n) is 18.0. The Morgan fingerprint density at radius 1 is 1.19 bits per heavy atom.